The second-order valence-electron chi connectivity index (χ2n) is 8.45. The predicted octanol–water partition coefficient (Wildman–Crippen LogP) is 4.94. The Morgan fingerprint density at radius 2 is 1.58 bits per heavy atom. The maximum atomic E-state index is 11.7. The Bertz CT molecular complexity index is 313. The van der Waals surface area contributed by atoms with Crippen molar-refractivity contribution in [2.75, 3.05) is 7.05 Å². The van der Waals surface area contributed by atoms with Crippen LogP contribution in [0.4, 0.5) is 0 Å². The summed E-state index contributed by atoms with van der Waals surface area (Å²) in [6.45, 7) is 13.3. The molecule has 3 atom stereocenters. The first-order valence-electron chi connectivity index (χ1n) is 10.2. The monoisotopic (exact) mass is 340 g/mol. The van der Waals surface area contributed by atoms with Gasteiger partial charge in [0.2, 0.25) is 0 Å². The van der Waals surface area contributed by atoms with Gasteiger partial charge in [-0.25, -0.2) is 0 Å². The summed E-state index contributed by atoms with van der Waals surface area (Å²) >= 11 is 0. The molecule has 0 heterocycles. The number of likely N-dealkylation sites (N-methyl/N-ethyl adjacent to an activating group) is 1. The molecule has 0 aliphatic carbocycles. The molecule has 0 aromatic rings. The van der Waals surface area contributed by atoms with Crippen LogP contribution >= 0.6 is 0 Å². The highest BCUT2D eigenvalue weighted by atomic mass is 16.1. The first-order chi connectivity index (χ1) is 11.3. The molecule has 0 fully saturated rings. The standard InChI is InChI=1S/C21H44N2O/c1-8-19(22-7)20(18(4)5)23-21(6,16-24)15-13-11-9-10-12-14-17(2)3/h16-20,22-23H,8-15H2,1-7H3/t19-,20?,21+/m1/s1. The van der Waals surface area contributed by atoms with Crippen LogP contribution in [0.1, 0.15) is 92.9 Å². The Hall–Kier alpha value is -0.410. The minimum atomic E-state index is -0.406. The largest absolute Gasteiger partial charge is 0.315 e. The number of unbranched alkanes of at least 4 members (excludes halogenated alkanes) is 4. The van der Waals surface area contributed by atoms with E-state index in [4.69, 9.17) is 0 Å². The van der Waals surface area contributed by atoms with Crippen LogP contribution in [0.2, 0.25) is 0 Å². The van der Waals surface area contributed by atoms with Gasteiger partial charge in [0.05, 0.1) is 5.54 Å². The van der Waals surface area contributed by atoms with Crippen molar-refractivity contribution in [2.24, 2.45) is 11.8 Å². The van der Waals surface area contributed by atoms with Crippen LogP contribution < -0.4 is 10.6 Å². The number of hydrogen-bond acceptors (Lipinski definition) is 3. The van der Waals surface area contributed by atoms with Crippen LogP contribution in [0.25, 0.3) is 0 Å². The minimum absolute atomic E-state index is 0.321. The summed E-state index contributed by atoms with van der Waals surface area (Å²) in [5.74, 6) is 1.32. The lowest BCUT2D eigenvalue weighted by Crippen LogP contribution is -2.58. The molecule has 3 heteroatoms. The van der Waals surface area contributed by atoms with E-state index < -0.39 is 5.54 Å². The van der Waals surface area contributed by atoms with Gasteiger partial charge in [0.1, 0.15) is 6.29 Å². The molecule has 0 aromatic carbocycles. The van der Waals surface area contributed by atoms with Gasteiger partial charge >= 0.3 is 0 Å². The average Bonchev–Trinajstić information content (AvgIpc) is 2.53. The summed E-state index contributed by atoms with van der Waals surface area (Å²) in [7, 11) is 2.01. The molecule has 0 saturated heterocycles. The topological polar surface area (TPSA) is 41.1 Å². The highest BCUT2D eigenvalue weighted by Gasteiger charge is 2.31. The molecule has 0 spiro atoms. The molecule has 3 nitrogen and oxygen atoms in total. The van der Waals surface area contributed by atoms with E-state index in [-0.39, 0.29) is 0 Å². The van der Waals surface area contributed by atoms with Crippen LogP contribution in [0.15, 0.2) is 0 Å². The van der Waals surface area contributed by atoms with E-state index in [2.05, 4.69) is 52.2 Å². The van der Waals surface area contributed by atoms with Crippen molar-refractivity contribution in [2.45, 2.75) is 111 Å². The van der Waals surface area contributed by atoms with E-state index >= 15 is 0 Å². The molecule has 0 aliphatic heterocycles. The molecule has 144 valence electrons. The number of aldehydes is 1. The minimum Gasteiger partial charge on any atom is -0.315 e. The smallest absolute Gasteiger partial charge is 0.139 e. The molecule has 2 N–H and O–H groups in total. The van der Waals surface area contributed by atoms with Crippen LogP contribution in [-0.4, -0.2) is 31.0 Å². The third-order valence-electron chi connectivity index (χ3n) is 5.20. The van der Waals surface area contributed by atoms with Crippen molar-refractivity contribution in [3.05, 3.63) is 0 Å². The molecule has 1 unspecified atom stereocenters. The van der Waals surface area contributed by atoms with Gasteiger partial charge in [0.15, 0.2) is 0 Å². The molecule has 0 saturated carbocycles. The molecule has 0 aliphatic rings. The molecular weight excluding hydrogens is 296 g/mol. The molecule has 0 bridgehead atoms. The second-order valence-corrected chi connectivity index (χ2v) is 8.45. The van der Waals surface area contributed by atoms with Gasteiger partial charge in [0.25, 0.3) is 0 Å². The quantitative estimate of drug-likeness (QED) is 0.327. The lowest BCUT2D eigenvalue weighted by Gasteiger charge is -2.37. The van der Waals surface area contributed by atoms with E-state index in [0.717, 1.165) is 31.5 Å². The molecular formula is C21H44N2O. The van der Waals surface area contributed by atoms with E-state index in [0.29, 0.717) is 18.0 Å². The van der Waals surface area contributed by atoms with Gasteiger partial charge in [-0.15, -0.1) is 0 Å². The van der Waals surface area contributed by atoms with Crippen molar-refractivity contribution < 1.29 is 4.79 Å². The summed E-state index contributed by atoms with van der Waals surface area (Å²) in [6, 6.07) is 0.724. The van der Waals surface area contributed by atoms with Gasteiger partial charge < -0.3 is 15.4 Å². The highest BCUT2D eigenvalue weighted by molar-refractivity contribution is 5.63. The first kappa shape index (κ1) is 23.6. The lowest BCUT2D eigenvalue weighted by molar-refractivity contribution is -0.113. The number of hydrogen-bond donors (Lipinski definition) is 2. The fourth-order valence-electron chi connectivity index (χ4n) is 3.49. The Labute approximate surface area is 151 Å². The van der Waals surface area contributed by atoms with Crippen LogP contribution in [0.5, 0.6) is 0 Å². The zero-order valence-electron chi connectivity index (χ0n) is 17.5. The van der Waals surface area contributed by atoms with Gasteiger partial charge in [-0.1, -0.05) is 73.1 Å². The number of rotatable bonds is 15. The Balaban J connectivity index is 4.33. The van der Waals surface area contributed by atoms with Crippen molar-refractivity contribution >= 4 is 6.29 Å². The molecule has 0 amide bonds. The van der Waals surface area contributed by atoms with E-state index in [1.807, 2.05) is 7.05 Å². The number of carbonyl (C=O) groups excluding carboxylic acids is 1. The Morgan fingerprint density at radius 1 is 1.00 bits per heavy atom. The third kappa shape index (κ3) is 9.78. The van der Waals surface area contributed by atoms with Gasteiger partial charge in [-0.3, -0.25) is 0 Å². The maximum absolute atomic E-state index is 11.7. The number of carbonyl (C=O) groups is 1. The number of nitrogens with one attached hydrogen (secondary N) is 2. The van der Waals surface area contributed by atoms with Crippen molar-refractivity contribution in [3.63, 3.8) is 0 Å². The van der Waals surface area contributed by atoms with Crippen molar-refractivity contribution in [1.82, 2.24) is 10.6 Å². The molecule has 0 rings (SSSR count). The van der Waals surface area contributed by atoms with E-state index in [9.17, 15) is 4.79 Å². The lowest BCUT2D eigenvalue weighted by atomic mass is 9.88. The normalized spacial score (nSPS) is 17.0. The van der Waals surface area contributed by atoms with Gasteiger partial charge in [0, 0.05) is 12.1 Å². The second kappa shape index (κ2) is 12.9. The summed E-state index contributed by atoms with van der Waals surface area (Å²) in [4.78, 5) is 11.7. The van der Waals surface area contributed by atoms with E-state index in [1.54, 1.807) is 0 Å². The van der Waals surface area contributed by atoms with Gasteiger partial charge in [-0.05, 0) is 38.6 Å². The summed E-state index contributed by atoms with van der Waals surface area (Å²) < 4.78 is 0. The first-order valence-corrected chi connectivity index (χ1v) is 10.2. The summed E-state index contributed by atoms with van der Waals surface area (Å²) in [5.41, 5.74) is -0.406. The molecule has 24 heavy (non-hydrogen) atoms. The summed E-state index contributed by atoms with van der Waals surface area (Å²) in [5, 5.41) is 7.07. The fraction of sp³-hybridized carbons (Fsp3) is 0.952. The SMILES string of the molecule is CC[C@@H](NC)C(N[C@](C)(C=O)CCCCCCCC(C)C)C(C)C. The average molecular weight is 341 g/mol. The Morgan fingerprint density at radius 3 is 2.04 bits per heavy atom. The summed E-state index contributed by atoms with van der Waals surface area (Å²) in [6.07, 6.45) is 10.8. The van der Waals surface area contributed by atoms with Crippen LogP contribution in [-0.2, 0) is 4.79 Å². The van der Waals surface area contributed by atoms with Crippen LogP contribution in [0, 0.1) is 11.8 Å². The van der Waals surface area contributed by atoms with Crippen molar-refractivity contribution in [1.29, 1.82) is 0 Å². The maximum Gasteiger partial charge on any atom is 0.139 e. The van der Waals surface area contributed by atoms with Crippen molar-refractivity contribution in [3.8, 4) is 0 Å². The third-order valence-corrected chi connectivity index (χ3v) is 5.20. The molecule has 0 aromatic heterocycles. The van der Waals surface area contributed by atoms with Crippen LogP contribution in [0.3, 0.4) is 0 Å². The fourth-order valence-corrected chi connectivity index (χ4v) is 3.49. The Kier molecular flexibility index (Phi) is 12.7. The zero-order chi connectivity index (χ0) is 18.6. The highest BCUT2D eigenvalue weighted by Crippen LogP contribution is 2.19. The predicted molar refractivity (Wildman–Crippen MR) is 107 cm³/mol. The molecule has 0 radical (unpaired) electrons. The zero-order valence-corrected chi connectivity index (χ0v) is 17.5. The van der Waals surface area contributed by atoms with E-state index in [1.165, 1.54) is 32.1 Å². The van der Waals surface area contributed by atoms with Gasteiger partial charge in [-0.2, -0.15) is 0 Å².